The van der Waals surface area contributed by atoms with E-state index in [0.717, 1.165) is 19.3 Å². The fourth-order valence-electron chi connectivity index (χ4n) is 2.51. The summed E-state index contributed by atoms with van der Waals surface area (Å²) in [5.74, 6) is -0.269. The van der Waals surface area contributed by atoms with Gasteiger partial charge in [0.25, 0.3) is 0 Å². The summed E-state index contributed by atoms with van der Waals surface area (Å²) in [7, 11) is 1.63. The SMILES string of the molecule is CCCc1nn(C)c(N(CC(=O)O)CC2CC2)c1[N+](=O)[O-]. The summed E-state index contributed by atoms with van der Waals surface area (Å²) < 4.78 is 1.44. The molecule has 1 saturated carbocycles. The van der Waals surface area contributed by atoms with Gasteiger partial charge in [-0.25, -0.2) is 4.68 Å². The molecule has 0 aromatic carbocycles. The molecule has 116 valence electrons. The van der Waals surface area contributed by atoms with Gasteiger partial charge in [-0.05, 0) is 25.2 Å². The minimum atomic E-state index is -0.997. The maximum Gasteiger partial charge on any atom is 0.334 e. The van der Waals surface area contributed by atoms with Crippen LogP contribution < -0.4 is 4.90 Å². The minimum absolute atomic E-state index is 0.0544. The number of carboxylic acid groups (broad SMARTS) is 1. The number of carbonyl (C=O) groups is 1. The Morgan fingerprint density at radius 1 is 1.57 bits per heavy atom. The molecule has 1 fully saturated rings. The van der Waals surface area contributed by atoms with E-state index in [4.69, 9.17) is 5.11 Å². The first-order chi connectivity index (χ1) is 9.93. The third-order valence-electron chi connectivity index (χ3n) is 3.53. The van der Waals surface area contributed by atoms with Gasteiger partial charge in [0.15, 0.2) is 0 Å². The normalized spacial score (nSPS) is 14.2. The number of nitrogens with zero attached hydrogens (tertiary/aromatic N) is 4. The van der Waals surface area contributed by atoms with Crippen molar-refractivity contribution in [3.05, 3.63) is 15.8 Å². The second kappa shape index (κ2) is 6.11. The maximum atomic E-state index is 11.4. The van der Waals surface area contributed by atoms with Crippen LogP contribution in [0.15, 0.2) is 0 Å². The third kappa shape index (κ3) is 3.50. The summed E-state index contributed by atoms with van der Waals surface area (Å²) in [4.78, 5) is 23.6. The molecule has 0 aliphatic heterocycles. The fourth-order valence-corrected chi connectivity index (χ4v) is 2.51. The summed E-state index contributed by atoms with van der Waals surface area (Å²) in [6, 6.07) is 0. The van der Waals surface area contributed by atoms with Crippen molar-refractivity contribution in [2.75, 3.05) is 18.0 Å². The van der Waals surface area contributed by atoms with Gasteiger partial charge in [0, 0.05) is 13.6 Å². The van der Waals surface area contributed by atoms with Crippen LogP contribution in [0.2, 0.25) is 0 Å². The maximum absolute atomic E-state index is 11.4. The monoisotopic (exact) mass is 296 g/mol. The summed E-state index contributed by atoms with van der Waals surface area (Å²) in [5, 5.41) is 24.7. The zero-order valence-corrected chi connectivity index (χ0v) is 12.3. The minimum Gasteiger partial charge on any atom is -0.480 e. The van der Waals surface area contributed by atoms with E-state index in [0.29, 0.717) is 30.4 Å². The largest absolute Gasteiger partial charge is 0.480 e. The van der Waals surface area contributed by atoms with Crippen molar-refractivity contribution >= 4 is 17.5 Å². The van der Waals surface area contributed by atoms with Crippen molar-refractivity contribution in [2.24, 2.45) is 13.0 Å². The van der Waals surface area contributed by atoms with Crippen LogP contribution >= 0.6 is 0 Å². The van der Waals surface area contributed by atoms with Crippen molar-refractivity contribution in [3.8, 4) is 0 Å². The average molecular weight is 296 g/mol. The van der Waals surface area contributed by atoms with E-state index in [1.54, 1.807) is 11.9 Å². The van der Waals surface area contributed by atoms with Gasteiger partial charge >= 0.3 is 11.7 Å². The number of nitro groups is 1. The van der Waals surface area contributed by atoms with Gasteiger partial charge < -0.3 is 10.0 Å². The molecule has 0 atom stereocenters. The van der Waals surface area contributed by atoms with Gasteiger partial charge in [0.2, 0.25) is 5.82 Å². The number of aryl methyl sites for hydroxylation is 2. The molecule has 1 heterocycles. The highest BCUT2D eigenvalue weighted by molar-refractivity contribution is 5.75. The Balaban J connectivity index is 2.41. The molecule has 0 spiro atoms. The van der Waals surface area contributed by atoms with Crippen molar-refractivity contribution in [1.82, 2.24) is 9.78 Å². The molecule has 1 aliphatic rings. The van der Waals surface area contributed by atoms with Crippen LogP contribution in [0.4, 0.5) is 11.5 Å². The Labute approximate surface area is 122 Å². The number of anilines is 1. The Hall–Kier alpha value is -2.12. The molecule has 8 nitrogen and oxygen atoms in total. The first-order valence-electron chi connectivity index (χ1n) is 7.11. The molecule has 0 bridgehead atoms. The van der Waals surface area contributed by atoms with Crippen LogP contribution in [0.1, 0.15) is 31.9 Å². The first-order valence-corrected chi connectivity index (χ1v) is 7.11. The van der Waals surface area contributed by atoms with Crippen LogP contribution in [0.25, 0.3) is 0 Å². The highest BCUT2D eigenvalue weighted by Gasteiger charge is 2.34. The van der Waals surface area contributed by atoms with Crippen molar-refractivity contribution in [1.29, 1.82) is 0 Å². The second-order valence-electron chi connectivity index (χ2n) is 5.47. The van der Waals surface area contributed by atoms with Gasteiger partial charge in [-0.3, -0.25) is 14.9 Å². The average Bonchev–Trinajstić information content (AvgIpc) is 3.11. The van der Waals surface area contributed by atoms with Gasteiger partial charge in [-0.15, -0.1) is 0 Å². The molecule has 1 aromatic rings. The molecule has 1 N–H and O–H groups in total. The lowest BCUT2D eigenvalue weighted by molar-refractivity contribution is -0.384. The summed E-state index contributed by atoms with van der Waals surface area (Å²) in [6.45, 7) is 2.21. The zero-order valence-electron chi connectivity index (χ0n) is 12.3. The summed E-state index contributed by atoms with van der Waals surface area (Å²) >= 11 is 0. The van der Waals surface area contributed by atoms with Gasteiger partial charge in [0.05, 0.1) is 4.92 Å². The highest BCUT2D eigenvalue weighted by Crippen LogP contribution is 2.36. The lowest BCUT2D eigenvalue weighted by atomic mass is 10.2. The van der Waals surface area contributed by atoms with E-state index >= 15 is 0 Å². The second-order valence-corrected chi connectivity index (χ2v) is 5.47. The van der Waals surface area contributed by atoms with Gasteiger partial charge in [0.1, 0.15) is 12.2 Å². The standard InChI is InChI=1S/C13H20N4O4/c1-3-4-10-12(17(20)21)13(15(2)14-10)16(8-11(18)19)7-9-5-6-9/h9H,3-8H2,1-2H3,(H,18,19). The Kier molecular flexibility index (Phi) is 4.44. The van der Waals surface area contributed by atoms with Crippen LogP contribution in [0, 0.1) is 16.0 Å². The van der Waals surface area contributed by atoms with E-state index in [-0.39, 0.29) is 12.2 Å². The van der Waals surface area contributed by atoms with Crippen LogP contribution in [0.3, 0.4) is 0 Å². The van der Waals surface area contributed by atoms with E-state index in [1.165, 1.54) is 4.68 Å². The molecule has 0 saturated heterocycles. The predicted molar refractivity (Wildman–Crippen MR) is 76.4 cm³/mol. The molecule has 0 unspecified atom stereocenters. The first kappa shape index (κ1) is 15.3. The molecule has 1 aliphatic carbocycles. The van der Waals surface area contributed by atoms with Crippen molar-refractivity contribution in [3.63, 3.8) is 0 Å². The Bertz CT molecular complexity index is 551. The molecule has 21 heavy (non-hydrogen) atoms. The van der Waals surface area contributed by atoms with Gasteiger partial charge in [-0.1, -0.05) is 13.3 Å². The predicted octanol–water partition coefficient (Wildman–Crippen LogP) is 1.58. The molecule has 0 amide bonds. The van der Waals surface area contributed by atoms with Crippen LogP contribution in [0.5, 0.6) is 0 Å². The lowest BCUT2D eigenvalue weighted by Crippen LogP contribution is -2.33. The van der Waals surface area contributed by atoms with Crippen LogP contribution in [-0.2, 0) is 18.3 Å². The van der Waals surface area contributed by atoms with Crippen LogP contribution in [-0.4, -0.2) is 38.9 Å². The molecule has 0 radical (unpaired) electrons. The third-order valence-corrected chi connectivity index (χ3v) is 3.53. The molecule has 1 aromatic heterocycles. The zero-order chi connectivity index (χ0) is 15.6. The van der Waals surface area contributed by atoms with E-state index < -0.39 is 10.9 Å². The molecule has 2 rings (SSSR count). The number of rotatable bonds is 8. The molecule has 8 heteroatoms. The number of aromatic nitrogens is 2. The van der Waals surface area contributed by atoms with E-state index in [2.05, 4.69) is 5.10 Å². The van der Waals surface area contributed by atoms with E-state index in [1.807, 2.05) is 6.92 Å². The number of hydrogen-bond donors (Lipinski definition) is 1. The molecular formula is C13H20N4O4. The topological polar surface area (TPSA) is 102 Å². The van der Waals surface area contributed by atoms with E-state index in [9.17, 15) is 14.9 Å². The number of carboxylic acids is 1. The Morgan fingerprint density at radius 2 is 2.24 bits per heavy atom. The fraction of sp³-hybridized carbons (Fsp3) is 0.692. The quantitative estimate of drug-likeness (QED) is 0.577. The summed E-state index contributed by atoms with van der Waals surface area (Å²) in [5.41, 5.74) is 0.368. The lowest BCUT2D eigenvalue weighted by Gasteiger charge is -2.21. The summed E-state index contributed by atoms with van der Waals surface area (Å²) in [6.07, 6.45) is 3.35. The van der Waals surface area contributed by atoms with Crippen molar-refractivity contribution < 1.29 is 14.8 Å². The van der Waals surface area contributed by atoms with Gasteiger partial charge in [-0.2, -0.15) is 5.10 Å². The Morgan fingerprint density at radius 3 is 2.71 bits per heavy atom. The smallest absolute Gasteiger partial charge is 0.334 e. The number of aliphatic carboxylic acids is 1. The molecular weight excluding hydrogens is 276 g/mol. The highest BCUT2D eigenvalue weighted by atomic mass is 16.6. The number of hydrogen-bond acceptors (Lipinski definition) is 5. The van der Waals surface area contributed by atoms with Crippen molar-refractivity contribution in [2.45, 2.75) is 32.6 Å².